The average Bonchev–Trinajstić information content (AvgIpc) is 2.49. The highest BCUT2D eigenvalue weighted by Gasteiger charge is 2.31. The van der Waals surface area contributed by atoms with Crippen molar-refractivity contribution in [2.75, 3.05) is 6.61 Å². The lowest BCUT2D eigenvalue weighted by Gasteiger charge is -2.20. The van der Waals surface area contributed by atoms with Gasteiger partial charge in [-0.2, -0.15) is 13.2 Å². The molecule has 7 heteroatoms. The molecule has 16 heavy (non-hydrogen) atoms. The Bertz CT molecular complexity index is 340. The first-order valence-electron chi connectivity index (χ1n) is 4.49. The fraction of sp³-hybridized carbons (Fsp3) is 0.556. The number of ether oxygens (including phenoxy) is 1. The molecule has 2 nitrogen and oxygen atoms in total. The summed E-state index contributed by atoms with van der Waals surface area (Å²) >= 11 is 6.87. The smallest absolute Gasteiger partial charge is 0.362 e. The molecule has 0 aliphatic rings. The number of halogens is 4. The second kappa shape index (κ2) is 5.35. The van der Waals surface area contributed by atoms with Gasteiger partial charge in [-0.05, 0) is 19.1 Å². The highest BCUT2D eigenvalue weighted by Crippen LogP contribution is 2.31. The maximum Gasteiger partial charge on any atom is 0.411 e. The number of rotatable bonds is 4. The van der Waals surface area contributed by atoms with Crippen LogP contribution in [0.3, 0.4) is 0 Å². The molecule has 0 saturated heterocycles. The van der Waals surface area contributed by atoms with E-state index >= 15 is 0 Å². The summed E-state index contributed by atoms with van der Waals surface area (Å²) in [7, 11) is 0. The average molecular weight is 274 g/mol. The highest BCUT2D eigenvalue weighted by molar-refractivity contribution is 7.16. The van der Waals surface area contributed by atoms with E-state index < -0.39 is 24.9 Å². The number of hydrogen-bond acceptors (Lipinski definition) is 3. The third kappa shape index (κ3) is 4.29. The predicted octanol–water partition coefficient (Wildman–Crippen LogP) is 3.37. The third-order valence-corrected chi connectivity index (χ3v) is 3.07. The molecule has 0 radical (unpaired) electrons. The van der Waals surface area contributed by atoms with Crippen LogP contribution in [-0.2, 0) is 4.74 Å². The maximum atomic E-state index is 12.0. The van der Waals surface area contributed by atoms with Gasteiger partial charge in [0.25, 0.3) is 0 Å². The topological polar surface area (TPSA) is 35.2 Å². The van der Waals surface area contributed by atoms with Crippen molar-refractivity contribution in [3.05, 3.63) is 21.3 Å². The summed E-state index contributed by atoms with van der Waals surface area (Å²) in [4.78, 5) is 0.601. The van der Waals surface area contributed by atoms with Gasteiger partial charge in [0, 0.05) is 10.9 Å². The first-order chi connectivity index (χ1) is 7.29. The Balaban J connectivity index is 2.69. The summed E-state index contributed by atoms with van der Waals surface area (Å²) in [5.74, 6) is 0. The van der Waals surface area contributed by atoms with Crippen LogP contribution in [-0.4, -0.2) is 18.8 Å². The van der Waals surface area contributed by atoms with E-state index in [4.69, 9.17) is 22.1 Å². The Morgan fingerprint density at radius 1 is 1.50 bits per heavy atom. The fourth-order valence-electron chi connectivity index (χ4n) is 1.16. The largest absolute Gasteiger partial charge is 0.411 e. The molecule has 0 aromatic carbocycles. The van der Waals surface area contributed by atoms with Crippen LogP contribution >= 0.6 is 22.9 Å². The zero-order valence-electron chi connectivity index (χ0n) is 8.42. The summed E-state index contributed by atoms with van der Waals surface area (Å²) in [6.07, 6.45) is -5.13. The molecular weight excluding hydrogens is 263 g/mol. The van der Waals surface area contributed by atoms with Crippen LogP contribution in [0.4, 0.5) is 13.2 Å². The number of nitrogens with two attached hydrogens (primary N) is 1. The first-order valence-corrected chi connectivity index (χ1v) is 5.68. The second-order valence-electron chi connectivity index (χ2n) is 3.35. The molecule has 1 aromatic rings. The van der Waals surface area contributed by atoms with Gasteiger partial charge in [-0.15, -0.1) is 11.3 Å². The van der Waals surface area contributed by atoms with E-state index in [-0.39, 0.29) is 0 Å². The van der Waals surface area contributed by atoms with Crippen LogP contribution in [0.5, 0.6) is 0 Å². The minimum atomic E-state index is -4.35. The molecule has 0 fully saturated rings. The monoisotopic (exact) mass is 273 g/mol. The lowest BCUT2D eigenvalue weighted by molar-refractivity contribution is -0.187. The molecule has 2 unspecified atom stereocenters. The summed E-state index contributed by atoms with van der Waals surface area (Å²) in [6, 6.07) is 2.70. The quantitative estimate of drug-likeness (QED) is 0.913. The predicted molar refractivity (Wildman–Crippen MR) is 57.7 cm³/mol. The minimum Gasteiger partial charge on any atom is -0.362 e. The van der Waals surface area contributed by atoms with Crippen LogP contribution in [0.15, 0.2) is 12.1 Å². The Morgan fingerprint density at radius 2 is 2.12 bits per heavy atom. The van der Waals surface area contributed by atoms with Crippen LogP contribution in [0.1, 0.15) is 17.9 Å². The third-order valence-electron chi connectivity index (χ3n) is 1.78. The fourth-order valence-corrected chi connectivity index (χ4v) is 2.38. The van der Waals surface area contributed by atoms with Crippen molar-refractivity contribution >= 4 is 22.9 Å². The maximum absolute atomic E-state index is 12.0. The lowest BCUT2D eigenvalue weighted by Crippen LogP contribution is -2.29. The van der Waals surface area contributed by atoms with Gasteiger partial charge in [0.2, 0.25) is 0 Å². The van der Waals surface area contributed by atoms with Gasteiger partial charge in [0.15, 0.2) is 0 Å². The first kappa shape index (κ1) is 13.8. The molecule has 0 aliphatic heterocycles. The second-order valence-corrected chi connectivity index (χ2v) is 5.09. The summed E-state index contributed by atoms with van der Waals surface area (Å²) in [5.41, 5.74) is 5.58. The number of alkyl halides is 3. The van der Waals surface area contributed by atoms with Gasteiger partial charge in [-0.25, -0.2) is 0 Å². The van der Waals surface area contributed by atoms with E-state index in [0.717, 1.165) is 0 Å². The molecule has 0 bridgehead atoms. The van der Waals surface area contributed by atoms with E-state index in [1.807, 2.05) is 0 Å². The Labute approximate surface area is 100 Å². The van der Waals surface area contributed by atoms with E-state index in [1.54, 1.807) is 19.1 Å². The number of hydrogen-bond donors (Lipinski definition) is 1. The summed E-state index contributed by atoms with van der Waals surface area (Å²) in [5, 5.41) is 0. The molecule has 2 N–H and O–H groups in total. The number of thiophene rings is 1. The molecule has 1 aromatic heterocycles. The van der Waals surface area contributed by atoms with Gasteiger partial charge in [0.05, 0.1) is 4.34 Å². The normalized spacial score (nSPS) is 16.1. The summed E-state index contributed by atoms with van der Waals surface area (Å²) in [6.45, 7) is 0.281. The van der Waals surface area contributed by atoms with Crippen LogP contribution in [0.25, 0.3) is 0 Å². The molecule has 0 aliphatic carbocycles. The molecule has 1 heterocycles. The molecule has 0 amide bonds. The Morgan fingerprint density at radius 3 is 2.50 bits per heavy atom. The van der Waals surface area contributed by atoms with Crippen LogP contribution < -0.4 is 5.73 Å². The zero-order chi connectivity index (χ0) is 12.3. The van der Waals surface area contributed by atoms with Crippen molar-refractivity contribution in [3.63, 3.8) is 0 Å². The van der Waals surface area contributed by atoms with E-state index in [9.17, 15) is 13.2 Å². The molecule has 0 spiro atoms. The summed E-state index contributed by atoms with van der Waals surface area (Å²) < 4.78 is 41.3. The van der Waals surface area contributed by atoms with Crippen molar-refractivity contribution in [2.45, 2.75) is 25.2 Å². The standard InChI is InChI=1S/C9H11ClF3NOS/c1-5(14)8(15-4-9(11,12)13)6-2-3-7(10)16-6/h2-3,5,8H,4,14H2,1H3. The zero-order valence-corrected chi connectivity index (χ0v) is 9.99. The Hall–Kier alpha value is -0.300. The van der Waals surface area contributed by atoms with Crippen LogP contribution in [0, 0.1) is 0 Å². The van der Waals surface area contributed by atoms with Gasteiger partial charge in [-0.1, -0.05) is 11.6 Å². The van der Waals surface area contributed by atoms with Gasteiger partial charge < -0.3 is 10.5 Å². The van der Waals surface area contributed by atoms with Crippen molar-refractivity contribution < 1.29 is 17.9 Å². The van der Waals surface area contributed by atoms with Gasteiger partial charge in [-0.3, -0.25) is 0 Å². The minimum absolute atomic E-state index is 0.497. The molecule has 1 rings (SSSR count). The molecule has 2 atom stereocenters. The Kier molecular flexibility index (Phi) is 4.61. The molecular formula is C9H11ClF3NOS. The van der Waals surface area contributed by atoms with E-state index in [0.29, 0.717) is 9.21 Å². The molecule has 0 saturated carbocycles. The lowest BCUT2D eigenvalue weighted by atomic mass is 10.1. The van der Waals surface area contributed by atoms with Crippen molar-refractivity contribution in [2.24, 2.45) is 5.73 Å². The van der Waals surface area contributed by atoms with Gasteiger partial charge in [0.1, 0.15) is 12.7 Å². The highest BCUT2D eigenvalue weighted by atomic mass is 35.5. The van der Waals surface area contributed by atoms with Crippen LogP contribution in [0.2, 0.25) is 4.34 Å². The molecule has 92 valence electrons. The van der Waals surface area contributed by atoms with Crippen molar-refractivity contribution in [3.8, 4) is 0 Å². The van der Waals surface area contributed by atoms with Crippen molar-refractivity contribution in [1.29, 1.82) is 0 Å². The van der Waals surface area contributed by atoms with Gasteiger partial charge >= 0.3 is 6.18 Å². The van der Waals surface area contributed by atoms with E-state index in [1.165, 1.54) is 11.3 Å². The van der Waals surface area contributed by atoms with E-state index in [2.05, 4.69) is 0 Å². The SMILES string of the molecule is CC(N)C(OCC(F)(F)F)c1ccc(Cl)s1. The van der Waals surface area contributed by atoms with Crippen molar-refractivity contribution in [1.82, 2.24) is 0 Å².